The molecule has 0 radical (unpaired) electrons. The molecule has 0 aliphatic rings. The Bertz CT molecular complexity index is 199. The average Bonchev–Trinajstić information content (AvgIpc) is 1.82. The number of carbonyl (C=O) groups is 1. The van der Waals surface area contributed by atoms with Gasteiger partial charge in [-0.15, -0.1) is 25.3 Å². The lowest BCUT2D eigenvalue weighted by molar-refractivity contribution is -0.314. The third-order valence-electron chi connectivity index (χ3n) is 1.25. The van der Waals surface area contributed by atoms with Gasteiger partial charge in [0.05, 0.1) is 0 Å². The van der Waals surface area contributed by atoms with E-state index in [1.54, 1.807) is 0 Å². The van der Waals surface area contributed by atoms with Gasteiger partial charge in [-0.25, -0.2) is 4.79 Å². The summed E-state index contributed by atoms with van der Waals surface area (Å²) >= 11 is 11.0. The lowest BCUT2D eigenvalue weighted by Gasteiger charge is -2.27. The third-order valence-corrected chi connectivity index (χ3v) is 3.23. The Hall–Kier alpha value is 0.400. The molecule has 1 unspecified atom stereocenters. The molecule has 0 bridgehead atoms. The Morgan fingerprint density at radius 3 is 1.92 bits per heavy atom. The van der Waals surface area contributed by atoms with Crippen LogP contribution in [0.3, 0.4) is 0 Å². The van der Waals surface area contributed by atoms with Crippen molar-refractivity contribution in [3.05, 3.63) is 0 Å². The van der Waals surface area contributed by atoms with Crippen molar-refractivity contribution in [2.45, 2.75) is 21.7 Å². The summed E-state index contributed by atoms with van der Waals surface area (Å²) in [6.45, 7) is 0. The molecule has 8 heteroatoms. The highest BCUT2D eigenvalue weighted by atomic mass is 32.2. The fourth-order valence-electron chi connectivity index (χ4n) is 0.544. The normalized spacial score (nSPS) is 15.5. The van der Waals surface area contributed by atoms with Gasteiger partial charge in [0.2, 0.25) is 0 Å². The summed E-state index contributed by atoms with van der Waals surface area (Å²) in [6, 6.07) is 0. The van der Waals surface area contributed by atoms with E-state index < -0.39 is 27.7 Å². The van der Waals surface area contributed by atoms with Crippen LogP contribution in [0.2, 0.25) is 0 Å². The number of thiol groups is 3. The van der Waals surface area contributed by atoms with Crippen molar-refractivity contribution in [2.75, 3.05) is 0 Å². The van der Waals surface area contributed by atoms with Crippen LogP contribution in [0, 0.1) is 0 Å². The van der Waals surface area contributed by atoms with Crippen LogP contribution in [0.1, 0.15) is 6.42 Å². The summed E-state index contributed by atoms with van der Waals surface area (Å²) in [5.74, 6) is -4.36. The molecule has 78 valence electrons. The molecule has 0 saturated heterocycles. The first-order valence-corrected chi connectivity index (χ1v) is 4.52. The monoisotopic (exact) mass is 246 g/mol. The van der Waals surface area contributed by atoms with Gasteiger partial charge in [-0.1, -0.05) is 0 Å². The van der Waals surface area contributed by atoms with E-state index in [2.05, 4.69) is 37.9 Å². The summed E-state index contributed by atoms with van der Waals surface area (Å²) in [4.78, 5) is 10.5. The summed E-state index contributed by atoms with van der Waals surface area (Å²) in [5.41, 5.74) is 0. The molecule has 0 rings (SSSR count). The molecule has 0 heterocycles. The van der Waals surface area contributed by atoms with Crippen LogP contribution in [-0.2, 0) is 4.79 Å². The molecule has 0 spiro atoms. The number of hydrogen-bond acceptors (Lipinski definition) is 7. The van der Waals surface area contributed by atoms with E-state index in [1.807, 2.05) is 0 Å². The summed E-state index contributed by atoms with van der Waals surface area (Å²) in [6.07, 6.45) is -0.685. The molecular formula is C5H10O5S3. The van der Waals surface area contributed by atoms with E-state index in [0.29, 0.717) is 0 Å². The Labute approximate surface area is 91.0 Å². The summed E-state index contributed by atoms with van der Waals surface area (Å²) in [5, 5.41) is 33.0. The standard InChI is InChI=1S/C5H10O5S3/c6-3(7)5(12,13)2(11)1-4(8,9)10/h2,8-13H,1H2,(H,6,7). The second-order valence-electron chi connectivity index (χ2n) is 2.53. The fourth-order valence-corrected chi connectivity index (χ4v) is 1.08. The zero-order chi connectivity index (χ0) is 10.9. The van der Waals surface area contributed by atoms with Crippen LogP contribution in [0.25, 0.3) is 0 Å². The van der Waals surface area contributed by atoms with Crippen LogP contribution in [-0.4, -0.2) is 41.7 Å². The van der Waals surface area contributed by atoms with Gasteiger partial charge in [0.25, 0.3) is 5.97 Å². The van der Waals surface area contributed by atoms with Gasteiger partial charge in [0.1, 0.15) is 0 Å². The van der Waals surface area contributed by atoms with Crippen LogP contribution < -0.4 is 0 Å². The summed E-state index contributed by atoms with van der Waals surface area (Å²) in [7, 11) is 0. The maximum atomic E-state index is 10.5. The molecule has 0 fully saturated rings. The zero-order valence-electron chi connectivity index (χ0n) is 6.32. The minimum absolute atomic E-state index is 0.685. The zero-order valence-corrected chi connectivity index (χ0v) is 9.01. The van der Waals surface area contributed by atoms with E-state index in [-0.39, 0.29) is 0 Å². The minimum Gasteiger partial charge on any atom is -0.480 e. The lowest BCUT2D eigenvalue weighted by Crippen LogP contribution is -2.42. The van der Waals surface area contributed by atoms with E-state index in [0.717, 1.165) is 0 Å². The van der Waals surface area contributed by atoms with Crippen molar-refractivity contribution < 1.29 is 25.2 Å². The number of carboxylic acids is 1. The van der Waals surface area contributed by atoms with Gasteiger partial charge in [-0.05, 0) is 0 Å². The Morgan fingerprint density at radius 2 is 1.69 bits per heavy atom. The number of aliphatic hydroxyl groups is 3. The number of carboxylic acid groups (broad SMARTS) is 1. The van der Waals surface area contributed by atoms with E-state index >= 15 is 0 Å². The van der Waals surface area contributed by atoms with Crippen LogP contribution in [0.4, 0.5) is 0 Å². The first-order chi connectivity index (χ1) is 5.57. The van der Waals surface area contributed by atoms with Gasteiger partial charge in [-0.2, -0.15) is 12.6 Å². The SMILES string of the molecule is O=C(O)C(S)(S)C(S)CC(O)(O)O. The van der Waals surface area contributed by atoms with E-state index in [9.17, 15) is 4.79 Å². The number of rotatable bonds is 4. The van der Waals surface area contributed by atoms with Crippen LogP contribution in [0.15, 0.2) is 0 Å². The van der Waals surface area contributed by atoms with Gasteiger partial charge >= 0.3 is 5.97 Å². The maximum absolute atomic E-state index is 10.5. The first-order valence-electron chi connectivity index (χ1n) is 3.10. The van der Waals surface area contributed by atoms with E-state index in [4.69, 9.17) is 20.4 Å². The quantitative estimate of drug-likeness (QED) is 0.254. The van der Waals surface area contributed by atoms with Crippen LogP contribution >= 0.6 is 37.9 Å². The largest absolute Gasteiger partial charge is 0.480 e. The molecule has 0 aromatic carbocycles. The Balaban J connectivity index is 4.43. The predicted octanol–water partition coefficient (Wildman–Crippen LogP) is -1.05. The Morgan fingerprint density at radius 1 is 1.31 bits per heavy atom. The van der Waals surface area contributed by atoms with Crippen molar-refractivity contribution in [1.82, 2.24) is 0 Å². The summed E-state index contributed by atoms with van der Waals surface area (Å²) < 4.78 is -1.84. The molecule has 13 heavy (non-hydrogen) atoms. The Kier molecular flexibility index (Phi) is 4.41. The third kappa shape index (κ3) is 4.43. The van der Waals surface area contributed by atoms with Crippen molar-refractivity contribution in [1.29, 1.82) is 0 Å². The van der Waals surface area contributed by atoms with Crippen molar-refractivity contribution in [3.8, 4) is 0 Å². The van der Waals surface area contributed by atoms with Gasteiger partial charge < -0.3 is 20.4 Å². The van der Waals surface area contributed by atoms with E-state index in [1.165, 1.54) is 0 Å². The van der Waals surface area contributed by atoms with Gasteiger partial charge in [0.15, 0.2) is 4.08 Å². The van der Waals surface area contributed by atoms with Crippen molar-refractivity contribution in [2.24, 2.45) is 0 Å². The predicted molar refractivity (Wildman–Crippen MR) is 55.1 cm³/mol. The van der Waals surface area contributed by atoms with Gasteiger partial charge in [0, 0.05) is 11.7 Å². The maximum Gasteiger partial charge on any atom is 0.330 e. The highest BCUT2D eigenvalue weighted by Gasteiger charge is 2.41. The molecule has 0 aliphatic carbocycles. The fraction of sp³-hybridized carbons (Fsp3) is 0.800. The average molecular weight is 246 g/mol. The lowest BCUT2D eigenvalue weighted by atomic mass is 10.2. The minimum atomic E-state index is -2.97. The first kappa shape index (κ1) is 13.4. The molecule has 5 nitrogen and oxygen atoms in total. The molecule has 0 aromatic rings. The number of hydrogen-bond donors (Lipinski definition) is 7. The second kappa shape index (κ2) is 4.28. The highest BCUT2D eigenvalue weighted by Crippen LogP contribution is 2.32. The topological polar surface area (TPSA) is 98.0 Å². The molecule has 0 aromatic heterocycles. The molecule has 0 saturated carbocycles. The van der Waals surface area contributed by atoms with Crippen LogP contribution in [0.5, 0.6) is 0 Å². The highest BCUT2D eigenvalue weighted by molar-refractivity contribution is 8.03. The molecule has 0 aliphatic heterocycles. The molecule has 1 atom stereocenters. The second-order valence-corrected chi connectivity index (χ2v) is 4.91. The van der Waals surface area contributed by atoms with Crippen molar-refractivity contribution in [3.63, 3.8) is 0 Å². The smallest absolute Gasteiger partial charge is 0.330 e. The molecule has 4 N–H and O–H groups in total. The van der Waals surface area contributed by atoms with Crippen molar-refractivity contribution >= 4 is 43.9 Å². The number of aliphatic carboxylic acids is 1. The molecule has 0 amide bonds. The molecular weight excluding hydrogens is 236 g/mol. The van der Waals surface area contributed by atoms with Gasteiger partial charge in [-0.3, -0.25) is 0 Å².